The number of halogens is 3. The first-order valence-corrected chi connectivity index (χ1v) is 6.64. The van der Waals surface area contributed by atoms with Crippen molar-refractivity contribution in [3.05, 3.63) is 24.0 Å². The molecule has 0 aliphatic rings. The Kier molecular flexibility index (Phi) is 8.36. The molecule has 1 rings (SSSR count). The van der Waals surface area contributed by atoms with Crippen molar-refractivity contribution in [2.45, 2.75) is 32.5 Å². The summed E-state index contributed by atoms with van der Waals surface area (Å²) >= 11 is 0. The van der Waals surface area contributed by atoms with E-state index in [9.17, 15) is 22.8 Å². The molecule has 1 heterocycles. The SMILES string of the molecule is CCNC(=O)c1cc[n+](C(C)CC(=O)O)nc1.O=C([O-])C(F)(F)F. The Morgan fingerprint density at radius 3 is 2.29 bits per heavy atom. The minimum atomic E-state index is -5.19. The number of nitrogens with zero attached hydrogens (tertiary/aromatic N) is 2. The number of hydrogen-bond acceptors (Lipinski definition) is 5. The number of carbonyl (C=O) groups excluding carboxylic acids is 2. The number of nitrogens with one attached hydrogen (secondary N) is 1. The number of carbonyl (C=O) groups is 3. The Hall–Kier alpha value is -2.72. The van der Waals surface area contributed by atoms with E-state index in [0.717, 1.165) is 0 Å². The van der Waals surface area contributed by atoms with Crippen molar-refractivity contribution in [3.8, 4) is 0 Å². The van der Waals surface area contributed by atoms with Gasteiger partial charge >= 0.3 is 12.1 Å². The van der Waals surface area contributed by atoms with Crippen molar-refractivity contribution in [2.24, 2.45) is 0 Å². The number of carboxylic acids is 2. The summed E-state index contributed by atoms with van der Waals surface area (Å²) in [7, 11) is 0. The molecule has 1 aromatic rings. The zero-order valence-corrected chi connectivity index (χ0v) is 12.8. The fraction of sp³-hybridized carbons (Fsp3) is 0.462. The lowest BCUT2D eigenvalue weighted by molar-refractivity contribution is -0.773. The van der Waals surface area contributed by atoms with E-state index in [0.29, 0.717) is 12.1 Å². The molecule has 0 aliphatic heterocycles. The van der Waals surface area contributed by atoms with Gasteiger partial charge in [0.25, 0.3) is 5.91 Å². The third-order valence-electron chi connectivity index (χ3n) is 2.49. The van der Waals surface area contributed by atoms with Gasteiger partial charge in [-0.15, -0.1) is 0 Å². The maximum absolute atomic E-state index is 11.4. The molecule has 24 heavy (non-hydrogen) atoms. The van der Waals surface area contributed by atoms with Gasteiger partial charge in [-0.05, 0) is 12.0 Å². The highest BCUT2D eigenvalue weighted by Crippen LogP contribution is 2.11. The lowest BCUT2D eigenvalue weighted by atomic mass is 10.2. The molecule has 0 saturated carbocycles. The Morgan fingerprint density at radius 2 is 1.96 bits per heavy atom. The molecule has 0 aliphatic carbocycles. The van der Waals surface area contributed by atoms with Gasteiger partial charge in [0.2, 0.25) is 0 Å². The highest BCUT2D eigenvalue weighted by atomic mass is 19.4. The summed E-state index contributed by atoms with van der Waals surface area (Å²) in [6.07, 6.45) is -2.15. The molecule has 0 fully saturated rings. The highest BCUT2D eigenvalue weighted by Gasteiger charge is 2.28. The molecule has 0 aromatic carbocycles. The van der Waals surface area contributed by atoms with E-state index in [4.69, 9.17) is 15.0 Å². The van der Waals surface area contributed by atoms with Crippen molar-refractivity contribution in [1.29, 1.82) is 0 Å². The molecule has 1 aromatic heterocycles. The summed E-state index contributed by atoms with van der Waals surface area (Å²) in [5.41, 5.74) is 0.464. The van der Waals surface area contributed by atoms with E-state index < -0.39 is 18.1 Å². The summed E-state index contributed by atoms with van der Waals surface area (Å²) in [5, 5.41) is 24.1. The first-order valence-electron chi connectivity index (χ1n) is 6.64. The number of aliphatic carboxylic acids is 2. The maximum atomic E-state index is 11.4. The summed E-state index contributed by atoms with van der Waals surface area (Å²) in [6, 6.07) is 1.38. The van der Waals surface area contributed by atoms with Gasteiger partial charge in [-0.25, -0.2) is 0 Å². The summed E-state index contributed by atoms with van der Waals surface area (Å²) in [5.74, 6) is -4.06. The summed E-state index contributed by atoms with van der Waals surface area (Å²) < 4.78 is 33.1. The molecule has 1 amide bonds. The third kappa shape index (κ3) is 8.06. The van der Waals surface area contributed by atoms with Gasteiger partial charge in [0.15, 0.2) is 12.2 Å². The van der Waals surface area contributed by atoms with E-state index in [1.807, 2.05) is 6.92 Å². The molecule has 134 valence electrons. The van der Waals surface area contributed by atoms with E-state index in [1.54, 1.807) is 19.2 Å². The second-order valence-electron chi connectivity index (χ2n) is 4.49. The zero-order chi connectivity index (χ0) is 18.9. The number of rotatable bonds is 5. The highest BCUT2D eigenvalue weighted by molar-refractivity contribution is 5.93. The fourth-order valence-electron chi connectivity index (χ4n) is 1.37. The normalized spacial score (nSPS) is 11.7. The lowest BCUT2D eigenvalue weighted by Gasteiger charge is -2.03. The smallest absolute Gasteiger partial charge is 0.430 e. The van der Waals surface area contributed by atoms with Gasteiger partial charge in [0.1, 0.15) is 18.6 Å². The quantitative estimate of drug-likeness (QED) is 0.687. The van der Waals surface area contributed by atoms with Gasteiger partial charge in [0.05, 0.1) is 5.56 Å². The minimum absolute atomic E-state index is 0.00182. The molecule has 0 radical (unpaired) electrons. The minimum Gasteiger partial charge on any atom is -0.542 e. The molecule has 11 heteroatoms. The lowest BCUT2D eigenvalue weighted by Crippen LogP contribution is -2.42. The van der Waals surface area contributed by atoms with Gasteiger partial charge in [-0.3, -0.25) is 9.59 Å². The van der Waals surface area contributed by atoms with Crippen LogP contribution in [0.4, 0.5) is 13.2 Å². The van der Waals surface area contributed by atoms with Crippen molar-refractivity contribution in [1.82, 2.24) is 10.4 Å². The third-order valence-corrected chi connectivity index (χ3v) is 2.49. The van der Waals surface area contributed by atoms with Crippen LogP contribution < -0.4 is 15.1 Å². The van der Waals surface area contributed by atoms with Crippen LogP contribution in [0.1, 0.15) is 36.7 Å². The van der Waals surface area contributed by atoms with Crippen LogP contribution >= 0.6 is 0 Å². The molecule has 8 nitrogen and oxygen atoms in total. The van der Waals surface area contributed by atoms with E-state index in [2.05, 4.69) is 10.4 Å². The number of aromatic nitrogens is 2. The van der Waals surface area contributed by atoms with Gasteiger partial charge in [-0.2, -0.15) is 13.2 Å². The molecule has 1 unspecified atom stereocenters. The van der Waals surface area contributed by atoms with Gasteiger partial charge in [0, 0.05) is 19.5 Å². The molecule has 0 bridgehead atoms. The molecule has 0 spiro atoms. The van der Waals surface area contributed by atoms with E-state index >= 15 is 0 Å². The standard InChI is InChI=1S/C11H15N3O3.C2HF3O2/c1-3-12-11(17)9-4-5-14(13-7-9)8(2)6-10(15)16;3-2(4,5)1(6)7/h4-5,7-8H,3,6H2,1-2H3,(H-,12,15,16,17);(H,6,7). The fourth-order valence-corrected chi connectivity index (χ4v) is 1.37. The predicted octanol–water partition coefficient (Wildman–Crippen LogP) is -0.547. The maximum Gasteiger partial charge on any atom is 0.430 e. The Balaban J connectivity index is 0.000000640. The van der Waals surface area contributed by atoms with Crippen LogP contribution in [-0.2, 0) is 9.59 Å². The molecule has 2 N–H and O–H groups in total. The van der Waals surface area contributed by atoms with Crippen LogP contribution in [-0.4, -0.2) is 40.8 Å². The van der Waals surface area contributed by atoms with Crippen LogP contribution in [0.2, 0.25) is 0 Å². The van der Waals surface area contributed by atoms with Crippen molar-refractivity contribution < 1.29 is 42.4 Å². The molecular formula is C13H16F3N3O5. The largest absolute Gasteiger partial charge is 0.542 e. The second kappa shape index (κ2) is 9.43. The number of alkyl halides is 3. The van der Waals surface area contributed by atoms with E-state index in [-0.39, 0.29) is 18.4 Å². The van der Waals surface area contributed by atoms with Gasteiger partial charge in [-0.1, -0.05) is 4.68 Å². The monoisotopic (exact) mass is 351 g/mol. The van der Waals surface area contributed by atoms with E-state index in [1.165, 1.54) is 10.9 Å². The first kappa shape index (κ1) is 21.3. The predicted molar refractivity (Wildman–Crippen MR) is 70.5 cm³/mol. The zero-order valence-electron chi connectivity index (χ0n) is 12.8. The first-order chi connectivity index (χ1) is 11.0. The molecule has 1 atom stereocenters. The summed E-state index contributed by atoms with van der Waals surface area (Å²) in [4.78, 5) is 30.8. The average molecular weight is 351 g/mol. The van der Waals surface area contributed by atoms with Crippen LogP contribution in [0.5, 0.6) is 0 Å². The van der Waals surface area contributed by atoms with Crippen LogP contribution in [0, 0.1) is 0 Å². The molecule has 0 saturated heterocycles. The van der Waals surface area contributed by atoms with Crippen LogP contribution in [0.25, 0.3) is 0 Å². The number of amides is 1. The van der Waals surface area contributed by atoms with Gasteiger partial charge < -0.3 is 20.3 Å². The number of carboxylic acid groups (broad SMARTS) is 2. The van der Waals surface area contributed by atoms with Crippen molar-refractivity contribution in [3.63, 3.8) is 0 Å². The Labute approximate surface area is 134 Å². The topological polar surface area (TPSA) is 123 Å². The van der Waals surface area contributed by atoms with Crippen molar-refractivity contribution >= 4 is 17.8 Å². The molecular weight excluding hydrogens is 335 g/mol. The van der Waals surface area contributed by atoms with Crippen molar-refractivity contribution in [2.75, 3.05) is 6.54 Å². The Morgan fingerprint density at radius 1 is 1.42 bits per heavy atom. The van der Waals surface area contributed by atoms with Crippen LogP contribution in [0.3, 0.4) is 0 Å². The summed E-state index contributed by atoms with van der Waals surface area (Å²) in [6.45, 7) is 4.15. The number of hydrogen-bond donors (Lipinski definition) is 2. The Bertz CT molecular complexity index is 575. The second-order valence-corrected chi connectivity index (χ2v) is 4.49. The van der Waals surface area contributed by atoms with Crippen LogP contribution in [0.15, 0.2) is 18.5 Å². The average Bonchev–Trinajstić information content (AvgIpc) is 2.46.